The van der Waals surface area contributed by atoms with Crippen LogP contribution in [0.4, 0.5) is 0 Å². The molecule has 1 fully saturated rings. The van der Waals surface area contributed by atoms with Crippen LogP contribution < -0.4 is 0 Å². The number of alkyl halides is 1. The second-order valence-electron chi connectivity index (χ2n) is 3.64. The summed E-state index contributed by atoms with van der Waals surface area (Å²) in [7, 11) is 0. The van der Waals surface area contributed by atoms with Gasteiger partial charge in [0.2, 0.25) is 6.29 Å². The van der Waals surface area contributed by atoms with Crippen LogP contribution in [0.1, 0.15) is 17.9 Å². The molecule has 0 amide bonds. The van der Waals surface area contributed by atoms with Gasteiger partial charge < -0.3 is 9.47 Å². The third-order valence-corrected chi connectivity index (χ3v) is 2.70. The lowest BCUT2D eigenvalue weighted by Gasteiger charge is -2.17. The van der Waals surface area contributed by atoms with Gasteiger partial charge in [0.25, 0.3) is 0 Å². The number of hydrogen-bond acceptors (Lipinski definition) is 3. The normalized spacial score (nSPS) is 24.4. The average molecular weight is 241 g/mol. The number of cyclic esters (lactones) is 1. The number of halogens is 1. The molecule has 2 atom stereocenters. The summed E-state index contributed by atoms with van der Waals surface area (Å²) < 4.78 is 10.5. The number of ether oxygens (including phenoxy) is 2. The zero-order chi connectivity index (χ0) is 11.4. The van der Waals surface area contributed by atoms with E-state index >= 15 is 0 Å². The molecule has 4 heteroatoms. The van der Waals surface area contributed by atoms with Crippen molar-refractivity contribution in [1.82, 2.24) is 0 Å². The van der Waals surface area contributed by atoms with Crippen LogP contribution in [0.25, 0.3) is 0 Å². The first-order valence-electron chi connectivity index (χ1n) is 5.23. The molecule has 0 radical (unpaired) electrons. The second-order valence-corrected chi connectivity index (χ2v) is 4.02. The Morgan fingerprint density at radius 1 is 1.38 bits per heavy atom. The van der Waals surface area contributed by atoms with Crippen molar-refractivity contribution in [3.05, 3.63) is 35.9 Å². The van der Waals surface area contributed by atoms with Gasteiger partial charge in [0.1, 0.15) is 0 Å². The van der Waals surface area contributed by atoms with Crippen molar-refractivity contribution in [3.63, 3.8) is 0 Å². The fourth-order valence-electron chi connectivity index (χ4n) is 1.82. The zero-order valence-electron chi connectivity index (χ0n) is 8.77. The Morgan fingerprint density at radius 2 is 2.12 bits per heavy atom. The molecule has 0 N–H and O–H groups in total. The molecule has 1 aromatic carbocycles. The molecule has 0 saturated carbocycles. The van der Waals surface area contributed by atoms with Gasteiger partial charge >= 0.3 is 5.97 Å². The lowest BCUT2D eigenvalue weighted by Crippen LogP contribution is -2.19. The van der Waals surface area contributed by atoms with Gasteiger partial charge in [-0.25, -0.2) is 0 Å². The molecule has 0 aromatic heterocycles. The van der Waals surface area contributed by atoms with Crippen molar-refractivity contribution < 1.29 is 14.3 Å². The molecule has 3 nitrogen and oxygen atoms in total. The highest BCUT2D eigenvalue weighted by Gasteiger charge is 2.36. The number of carbonyl (C=O) groups excluding carboxylic acids is 1. The zero-order valence-corrected chi connectivity index (χ0v) is 9.52. The molecule has 16 heavy (non-hydrogen) atoms. The molecule has 1 aliphatic rings. The minimum Gasteiger partial charge on any atom is -0.435 e. The topological polar surface area (TPSA) is 35.5 Å². The van der Waals surface area contributed by atoms with Crippen LogP contribution in [0.2, 0.25) is 0 Å². The summed E-state index contributed by atoms with van der Waals surface area (Å²) in [6, 6.07) is 9.77. The van der Waals surface area contributed by atoms with Gasteiger partial charge in [0.15, 0.2) is 0 Å². The summed E-state index contributed by atoms with van der Waals surface area (Å²) in [5, 5.41) is 0. The van der Waals surface area contributed by atoms with Crippen molar-refractivity contribution in [1.29, 1.82) is 0 Å². The van der Waals surface area contributed by atoms with Gasteiger partial charge in [-0.3, -0.25) is 4.79 Å². The summed E-state index contributed by atoms with van der Waals surface area (Å²) in [5.74, 6) is 0.167. The van der Waals surface area contributed by atoms with Crippen LogP contribution in [-0.4, -0.2) is 24.7 Å². The first-order chi connectivity index (χ1) is 7.81. The van der Waals surface area contributed by atoms with Gasteiger partial charge in [-0.1, -0.05) is 30.3 Å². The molecule has 0 spiro atoms. The van der Waals surface area contributed by atoms with Crippen LogP contribution in [0.5, 0.6) is 0 Å². The highest BCUT2D eigenvalue weighted by atomic mass is 35.5. The summed E-state index contributed by atoms with van der Waals surface area (Å²) in [6.07, 6.45) is -0.120. The van der Waals surface area contributed by atoms with Crippen LogP contribution in [0, 0.1) is 0 Å². The van der Waals surface area contributed by atoms with Crippen molar-refractivity contribution in [3.8, 4) is 0 Å². The minimum absolute atomic E-state index is 0.0167. The monoisotopic (exact) mass is 240 g/mol. The van der Waals surface area contributed by atoms with Gasteiger partial charge in [0, 0.05) is 5.88 Å². The molecule has 0 bridgehead atoms. The third kappa shape index (κ3) is 2.54. The van der Waals surface area contributed by atoms with Crippen molar-refractivity contribution in [2.24, 2.45) is 0 Å². The van der Waals surface area contributed by atoms with E-state index in [-0.39, 0.29) is 11.9 Å². The number of rotatable bonds is 4. The first-order valence-corrected chi connectivity index (χ1v) is 5.76. The maximum Gasteiger partial charge on any atom is 0.308 e. The van der Waals surface area contributed by atoms with Crippen molar-refractivity contribution >= 4 is 17.6 Å². The molecule has 2 rings (SSSR count). The maximum absolute atomic E-state index is 11.3. The largest absolute Gasteiger partial charge is 0.435 e. The van der Waals surface area contributed by atoms with Crippen LogP contribution in [0.3, 0.4) is 0 Å². The van der Waals surface area contributed by atoms with E-state index in [1.807, 2.05) is 30.3 Å². The molecule has 86 valence electrons. The predicted molar refractivity (Wildman–Crippen MR) is 60.4 cm³/mol. The Bertz CT molecular complexity index is 353. The van der Waals surface area contributed by atoms with E-state index in [0.717, 1.165) is 5.56 Å². The van der Waals surface area contributed by atoms with Gasteiger partial charge in [-0.15, -0.1) is 11.6 Å². The number of benzene rings is 1. The van der Waals surface area contributed by atoms with Crippen molar-refractivity contribution in [2.75, 3.05) is 12.5 Å². The third-order valence-electron chi connectivity index (χ3n) is 2.55. The molecule has 1 saturated heterocycles. The minimum atomic E-state index is -0.492. The Hall–Kier alpha value is -1.06. The van der Waals surface area contributed by atoms with E-state index < -0.39 is 6.29 Å². The molecule has 1 aliphatic heterocycles. The second kappa shape index (κ2) is 5.32. The molecular weight excluding hydrogens is 228 g/mol. The van der Waals surface area contributed by atoms with E-state index in [1.165, 1.54) is 0 Å². The summed E-state index contributed by atoms with van der Waals surface area (Å²) in [6.45, 7) is 0.392. The Labute approximate surface area is 99.3 Å². The van der Waals surface area contributed by atoms with Gasteiger partial charge in [0.05, 0.1) is 18.9 Å². The lowest BCUT2D eigenvalue weighted by molar-refractivity contribution is -0.162. The molecule has 1 heterocycles. The predicted octanol–water partition coefficient (Wildman–Crippen LogP) is 2.30. The maximum atomic E-state index is 11.3. The van der Waals surface area contributed by atoms with Crippen molar-refractivity contribution in [2.45, 2.75) is 18.6 Å². The van der Waals surface area contributed by atoms with E-state index in [1.54, 1.807) is 0 Å². The van der Waals surface area contributed by atoms with Gasteiger partial charge in [-0.05, 0) is 5.56 Å². The summed E-state index contributed by atoms with van der Waals surface area (Å²) in [4.78, 5) is 11.3. The molecule has 0 unspecified atom stereocenters. The lowest BCUT2D eigenvalue weighted by atomic mass is 9.97. The molecule has 0 aliphatic carbocycles. The quantitative estimate of drug-likeness (QED) is 0.599. The fourth-order valence-corrected chi connectivity index (χ4v) is 1.91. The van der Waals surface area contributed by atoms with Crippen LogP contribution in [0.15, 0.2) is 30.3 Å². The number of esters is 1. The SMILES string of the molecule is O=C1C[C@@H](c2ccccc2)[C@H](OCCCl)O1. The van der Waals surface area contributed by atoms with E-state index in [4.69, 9.17) is 21.1 Å². The standard InChI is InChI=1S/C12H13ClO3/c13-6-7-15-12-10(8-11(14)16-12)9-4-2-1-3-5-9/h1-5,10,12H,6-8H2/t10-,12+/m0/s1. The number of carbonyl (C=O) groups is 1. The van der Waals surface area contributed by atoms with E-state index in [0.29, 0.717) is 18.9 Å². The average Bonchev–Trinajstić information content (AvgIpc) is 2.69. The number of hydrogen-bond donors (Lipinski definition) is 0. The van der Waals surface area contributed by atoms with Crippen LogP contribution >= 0.6 is 11.6 Å². The summed E-state index contributed by atoms with van der Waals surface area (Å²) >= 11 is 5.54. The smallest absolute Gasteiger partial charge is 0.308 e. The summed E-state index contributed by atoms with van der Waals surface area (Å²) in [5.41, 5.74) is 1.06. The van der Waals surface area contributed by atoms with E-state index in [2.05, 4.69) is 0 Å². The first kappa shape index (κ1) is 11.4. The Kier molecular flexibility index (Phi) is 3.80. The van der Waals surface area contributed by atoms with Gasteiger partial charge in [-0.2, -0.15) is 0 Å². The highest BCUT2D eigenvalue weighted by Crippen LogP contribution is 2.32. The Balaban J connectivity index is 2.09. The Morgan fingerprint density at radius 3 is 2.81 bits per heavy atom. The van der Waals surface area contributed by atoms with E-state index in [9.17, 15) is 4.79 Å². The molecule has 1 aromatic rings. The fraction of sp³-hybridized carbons (Fsp3) is 0.417. The highest BCUT2D eigenvalue weighted by molar-refractivity contribution is 6.17. The molecular formula is C12H13ClO3. The van der Waals surface area contributed by atoms with Crippen LogP contribution in [-0.2, 0) is 14.3 Å².